The molecule has 152 valence electrons. The molecule has 2 aromatic rings. The summed E-state index contributed by atoms with van der Waals surface area (Å²) < 4.78 is 13.2. The van der Waals surface area contributed by atoms with Crippen LogP contribution in [0.1, 0.15) is 30.1 Å². The Labute approximate surface area is 173 Å². The number of carbonyl (C=O) groups excluding carboxylic acids is 3. The van der Waals surface area contributed by atoms with Gasteiger partial charge >= 0.3 is 11.8 Å². The van der Waals surface area contributed by atoms with Crippen molar-refractivity contribution in [3.63, 3.8) is 0 Å². The van der Waals surface area contributed by atoms with Gasteiger partial charge < -0.3 is 15.5 Å². The van der Waals surface area contributed by atoms with E-state index in [4.69, 9.17) is 11.6 Å². The second-order valence-electron chi connectivity index (χ2n) is 7.09. The summed E-state index contributed by atoms with van der Waals surface area (Å²) in [5.74, 6) is -1.85. The van der Waals surface area contributed by atoms with Crippen LogP contribution in [-0.2, 0) is 9.59 Å². The molecule has 8 heteroatoms. The molecule has 1 heterocycles. The van der Waals surface area contributed by atoms with Crippen LogP contribution in [0, 0.1) is 11.7 Å². The summed E-state index contributed by atoms with van der Waals surface area (Å²) >= 11 is 5.65. The van der Waals surface area contributed by atoms with E-state index in [2.05, 4.69) is 17.6 Å². The Bertz CT molecular complexity index is 925. The first-order chi connectivity index (χ1) is 13.8. The number of piperidine rings is 1. The number of rotatable bonds is 3. The standard InChI is InChI=1S/C21H21ClFN3O3/c1-13-8-10-26(11-9-13)21(29)14-2-4-15(5-3-14)24-19(27)20(28)25-16-6-7-18(23)17(22)12-16/h2-7,12-13H,8-11H2,1H3,(H,24,27)(H,25,28). The number of halogens is 2. The number of hydrogen-bond donors (Lipinski definition) is 2. The zero-order valence-corrected chi connectivity index (χ0v) is 16.6. The molecule has 6 nitrogen and oxygen atoms in total. The number of likely N-dealkylation sites (tertiary alicyclic amines) is 1. The Morgan fingerprint density at radius 2 is 1.52 bits per heavy atom. The first-order valence-electron chi connectivity index (χ1n) is 9.30. The lowest BCUT2D eigenvalue weighted by atomic mass is 9.98. The number of nitrogens with one attached hydrogen (secondary N) is 2. The van der Waals surface area contributed by atoms with Crippen molar-refractivity contribution >= 4 is 40.7 Å². The molecule has 0 saturated carbocycles. The number of nitrogens with zero attached hydrogens (tertiary/aromatic N) is 1. The quantitative estimate of drug-likeness (QED) is 0.743. The van der Waals surface area contributed by atoms with Crippen LogP contribution in [0.5, 0.6) is 0 Å². The highest BCUT2D eigenvalue weighted by Crippen LogP contribution is 2.20. The molecule has 1 saturated heterocycles. The van der Waals surface area contributed by atoms with Gasteiger partial charge in [-0.2, -0.15) is 0 Å². The van der Waals surface area contributed by atoms with Crippen LogP contribution >= 0.6 is 11.6 Å². The Morgan fingerprint density at radius 1 is 0.966 bits per heavy atom. The molecular weight excluding hydrogens is 397 g/mol. The van der Waals surface area contributed by atoms with Gasteiger partial charge in [-0.3, -0.25) is 14.4 Å². The van der Waals surface area contributed by atoms with Gasteiger partial charge in [0.05, 0.1) is 5.02 Å². The van der Waals surface area contributed by atoms with Gasteiger partial charge in [0.15, 0.2) is 0 Å². The van der Waals surface area contributed by atoms with Gasteiger partial charge in [-0.1, -0.05) is 18.5 Å². The van der Waals surface area contributed by atoms with Crippen LogP contribution < -0.4 is 10.6 Å². The van der Waals surface area contributed by atoms with Crippen LogP contribution in [0.2, 0.25) is 5.02 Å². The molecule has 3 amide bonds. The highest BCUT2D eigenvalue weighted by Gasteiger charge is 2.21. The number of carbonyl (C=O) groups is 3. The molecule has 0 aliphatic carbocycles. The van der Waals surface area contributed by atoms with E-state index in [9.17, 15) is 18.8 Å². The molecule has 0 radical (unpaired) electrons. The lowest BCUT2D eigenvalue weighted by molar-refractivity contribution is -0.132. The first-order valence-corrected chi connectivity index (χ1v) is 9.68. The van der Waals surface area contributed by atoms with Crippen molar-refractivity contribution in [2.75, 3.05) is 23.7 Å². The van der Waals surface area contributed by atoms with Crippen LogP contribution in [-0.4, -0.2) is 35.7 Å². The number of anilines is 2. The van der Waals surface area contributed by atoms with Crippen LogP contribution in [0.4, 0.5) is 15.8 Å². The van der Waals surface area contributed by atoms with Crippen molar-refractivity contribution in [3.8, 4) is 0 Å². The van der Waals surface area contributed by atoms with Gasteiger partial charge in [0.25, 0.3) is 5.91 Å². The zero-order chi connectivity index (χ0) is 21.0. The summed E-state index contributed by atoms with van der Waals surface area (Å²) in [6.45, 7) is 3.66. The Hall–Kier alpha value is -2.93. The van der Waals surface area contributed by atoms with Crippen molar-refractivity contribution in [1.29, 1.82) is 0 Å². The summed E-state index contributed by atoms with van der Waals surface area (Å²) in [5, 5.41) is 4.64. The third-order valence-electron chi connectivity index (χ3n) is 4.84. The summed E-state index contributed by atoms with van der Waals surface area (Å²) in [6, 6.07) is 9.98. The summed E-state index contributed by atoms with van der Waals surface area (Å²) in [6.07, 6.45) is 1.99. The minimum absolute atomic E-state index is 0.0410. The Balaban J connectivity index is 1.57. The average Bonchev–Trinajstić information content (AvgIpc) is 2.71. The molecule has 0 atom stereocenters. The average molecular weight is 418 g/mol. The van der Waals surface area contributed by atoms with E-state index in [1.807, 2.05) is 4.90 Å². The minimum atomic E-state index is -0.921. The predicted molar refractivity (Wildman–Crippen MR) is 109 cm³/mol. The van der Waals surface area contributed by atoms with Gasteiger partial charge in [-0.05, 0) is 61.2 Å². The Kier molecular flexibility index (Phi) is 6.49. The molecule has 0 aromatic heterocycles. The normalized spacial score (nSPS) is 14.4. The third-order valence-corrected chi connectivity index (χ3v) is 5.13. The van der Waals surface area contributed by atoms with E-state index >= 15 is 0 Å². The van der Waals surface area contributed by atoms with Gasteiger partial charge in [0.1, 0.15) is 5.82 Å². The third kappa shape index (κ3) is 5.32. The van der Waals surface area contributed by atoms with E-state index in [1.54, 1.807) is 24.3 Å². The van der Waals surface area contributed by atoms with Gasteiger partial charge in [-0.15, -0.1) is 0 Å². The van der Waals surface area contributed by atoms with E-state index in [0.717, 1.165) is 32.0 Å². The number of amides is 3. The van der Waals surface area contributed by atoms with Crippen molar-refractivity contribution < 1.29 is 18.8 Å². The topological polar surface area (TPSA) is 78.5 Å². The second-order valence-corrected chi connectivity index (χ2v) is 7.50. The van der Waals surface area contributed by atoms with Gasteiger partial charge in [0.2, 0.25) is 0 Å². The van der Waals surface area contributed by atoms with Crippen LogP contribution in [0.15, 0.2) is 42.5 Å². The maximum Gasteiger partial charge on any atom is 0.314 e. The molecule has 2 aromatic carbocycles. The van der Waals surface area contributed by atoms with Crippen LogP contribution in [0.25, 0.3) is 0 Å². The molecule has 0 unspecified atom stereocenters. The first kappa shape index (κ1) is 20.8. The fourth-order valence-corrected chi connectivity index (χ4v) is 3.22. The molecule has 1 aliphatic rings. The highest BCUT2D eigenvalue weighted by atomic mass is 35.5. The Morgan fingerprint density at radius 3 is 2.10 bits per heavy atom. The maximum atomic E-state index is 13.2. The lowest BCUT2D eigenvalue weighted by Gasteiger charge is -2.30. The van der Waals surface area contributed by atoms with Gasteiger partial charge in [-0.25, -0.2) is 4.39 Å². The summed E-state index contributed by atoms with van der Waals surface area (Å²) in [5.41, 5.74) is 1.11. The van der Waals surface area contributed by atoms with Crippen LogP contribution in [0.3, 0.4) is 0 Å². The fourth-order valence-electron chi connectivity index (χ4n) is 3.04. The van der Waals surface area contributed by atoms with E-state index < -0.39 is 17.6 Å². The molecule has 0 bridgehead atoms. The van der Waals surface area contributed by atoms with Crippen molar-refractivity contribution in [3.05, 3.63) is 58.9 Å². The lowest BCUT2D eigenvalue weighted by Crippen LogP contribution is -2.37. The molecular formula is C21H21ClFN3O3. The zero-order valence-electron chi connectivity index (χ0n) is 15.9. The van der Waals surface area contributed by atoms with E-state index in [0.29, 0.717) is 17.2 Å². The monoisotopic (exact) mass is 417 g/mol. The van der Waals surface area contributed by atoms with E-state index in [1.165, 1.54) is 12.1 Å². The summed E-state index contributed by atoms with van der Waals surface area (Å²) in [7, 11) is 0. The summed E-state index contributed by atoms with van der Waals surface area (Å²) in [4.78, 5) is 38.4. The van der Waals surface area contributed by atoms with E-state index in [-0.39, 0.29) is 16.6 Å². The molecule has 3 rings (SSSR count). The number of benzene rings is 2. The van der Waals surface area contributed by atoms with Crippen molar-refractivity contribution in [1.82, 2.24) is 4.90 Å². The predicted octanol–water partition coefficient (Wildman–Crippen LogP) is 3.93. The van der Waals surface area contributed by atoms with Gasteiger partial charge in [0, 0.05) is 30.0 Å². The largest absolute Gasteiger partial charge is 0.339 e. The molecule has 0 spiro atoms. The van der Waals surface area contributed by atoms with Crippen molar-refractivity contribution in [2.24, 2.45) is 5.92 Å². The SMILES string of the molecule is CC1CCN(C(=O)c2ccc(NC(=O)C(=O)Nc3ccc(F)c(Cl)c3)cc2)CC1. The second kappa shape index (κ2) is 9.05. The highest BCUT2D eigenvalue weighted by molar-refractivity contribution is 6.43. The molecule has 2 N–H and O–H groups in total. The molecule has 29 heavy (non-hydrogen) atoms. The fraction of sp³-hybridized carbons (Fsp3) is 0.286. The van der Waals surface area contributed by atoms with Crippen molar-refractivity contribution in [2.45, 2.75) is 19.8 Å². The molecule has 1 fully saturated rings. The smallest absolute Gasteiger partial charge is 0.314 e. The minimum Gasteiger partial charge on any atom is -0.339 e. The molecule has 1 aliphatic heterocycles. The maximum absolute atomic E-state index is 13.2. The number of hydrogen-bond acceptors (Lipinski definition) is 3.